The van der Waals surface area contributed by atoms with Crippen LogP contribution in [0.1, 0.15) is 17.0 Å². The average molecular weight is 325 g/mol. The van der Waals surface area contributed by atoms with Gasteiger partial charge in [0.15, 0.2) is 6.61 Å². The Morgan fingerprint density at radius 3 is 2.75 bits per heavy atom. The topological polar surface area (TPSA) is 91.3 Å². The first-order valence-electron chi connectivity index (χ1n) is 7.30. The molecule has 0 spiro atoms. The molecule has 1 aromatic heterocycles. The summed E-state index contributed by atoms with van der Waals surface area (Å²) in [4.78, 5) is 14.7. The molecule has 7 nitrogen and oxygen atoms in total. The summed E-state index contributed by atoms with van der Waals surface area (Å²) >= 11 is 0. The number of nitrogens with zero attached hydrogens (tertiary/aromatic N) is 3. The molecule has 3 aromatic rings. The molecule has 1 heterocycles. The minimum Gasteiger partial charge on any atom is -0.485 e. The van der Waals surface area contributed by atoms with Crippen LogP contribution >= 0.6 is 0 Å². The maximum Gasteiger partial charge on any atom is 0.272 e. The zero-order valence-corrected chi connectivity index (χ0v) is 13.2. The molecule has 24 heavy (non-hydrogen) atoms. The molecule has 0 fully saturated rings. The van der Waals surface area contributed by atoms with E-state index in [2.05, 4.69) is 10.1 Å². The number of nitro groups is 1. The zero-order valence-electron chi connectivity index (χ0n) is 13.2. The second kappa shape index (κ2) is 6.49. The number of hydrogen-bond acceptors (Lipinski definition) is 6. The quantitative estimate of drug-likeness (QED) is 0.523. The van der Waals surface area contributed by atoms with E-state index in [9.17, 15) is 10.1 Å². The standard InChI is InChI=1S/C17H15N3O4/c1-11-4-3-5-13(8-11)17-18-16(19-24-17)10-23-14-6-7-15(20(21)22)12(2)9-14/h3-9H,10H2,1-2H3. The first-order chi connectivity index (χ1) is 11.5. The minimum absolute atomic E-state index is 0.0589. The number of hydrogen-bond donors (Lipinski definition) is 0. The van der Waals surface area contributed by atoms with Gasteiger partial charge in [0.25, 0.3) is 11.6 Å². The van der Waals surface area contributed by atoms with Crippen molar-refractivity contribution in [2.75, 3.05) is 0 Å². The predicted molar refractivity (Wildman–Crippen MR) is 86.6 cm³/mol. The molecule has 0 aliphatic carbocycles. The van der Waals surface area contributed by atoms with Crippen LogP contribution in [0.4, 0.5) is 5.69 Å². The number of ether oxygens (including phenoxy) is 1. The average Bonchev–Trinajstić information content (AvgIpc) is 3.01. The Morgan fingerprint density at radius 1 is 1.21 bits per heavy atom. The molecule has 0 aliphatic rings. The Morgan fingerprint density at radius 2 is 2.04 bits per heavy atom. The lowest BCUT2D eigenvalue weighted by atomic mass is 10.1. The molecule has 0 bridgehead atoms. The summed E-state index contributed by atoms with van der Waals surface area (Å²) in [6, 6.07) is 12.3. The smallest absolute Gasteiger partial charge is 0.272 e. The highest BCUT2D eigenvalue weighted by atomic mass is 16.6. The van der Waals surface area contributed by atoms with Crippen molar-refractivity contribution in [3.05, 3.63) is 69.5 Å². The van der Waals surface area contributed by atoms with Gasteiger partial charge in [0.2, 0.25) is 5.82 Å². The largest absolute Gasteiger partial charge is 0.485 e. The van der Waals surface area contributed by atoms with E-state index < -0.39 is 4.92 Å². The van der Waals surface area contributed by atoms with E-state index in [-0.39, 0.29) is 12.3 Å². The lowest BCUT2D eigenvalue weighted by molar-refractivity contribution is -0.385. The van der Waals surface area contributed by atoms with E-state index >= 15 is 0 Å². The van der Waals surface area contributed by atoms with Crippen molar-refractivity contribution in [3.8, 4) is 17.2 Å². The first kappa shape index (κ1) is 15.7. The molecule has 0 N–H and O–H groups in total. The van der Waals surface area contributed by atoms with Crippen LogP contribution < -0.4 is 4.74 Å². The highest BCUT2D eigenvalue weighted by molar-refractivity contribution is 5.53. The normalized spacial score (nSPS) is 10.6. The van der Waals surface area contributed by atoms with E-state index in [1.165, 1.54) is 6.07 Å². The van der Waals surface area contributed by atoms with E-state index in [1.54, 1.807) is 19.1 Å². The Kier molecular flexibility index (Phi) is 4.24. The van der Waals surface area contributed by atoms with Gasteiger partial charge in [-0.25, -0.2) is 0 Å². The van der Waals surface area contributed by atoms with Gasteiger partial charge < -0.3 is 9.26 Å². The second-order valence-electron chi connectivity index (χ2n) is 5.38. The number of benzene rings is 2. The molecular weight excluding hydrogens is 310 g/mol. The van der Waals surface area contributed by atoms with E-state index in [0.29, 0.717) is 23.0 Å². The van der Waals surface area contributed by atoms with Crippen molar-refractivity contribution in [3.63, 3.8) is 0 Å². The van der Waals surface area contributed by atoms with Gasteiger partial charge in [0, 0.05) is 17.2 Å². The summed E-state index contributed by atoms with van der Waals surface area (Å²) in [5.74, 6) is 1.35. The molecule has 0 unspecified atom stereocenters. The molecule has 0 aliphatic heterocycles. The highest BCUT2D eigenvalue weighted by Gasteiger charge is 2.12. The molecule has 122 valence electrons. The molecule has 0 saturated carbocycles. The number of rotatable bonds is 5. The van der Waals surface area contributed by atoms with Gasteiger partial charge in [-0.2, -0.15) is 4.98 Å². The van der Waals surface area contributed by atoms with E-state index in [4.69, 9.17) is 9.26 Å². The number of aromatic nitrogens is 2. The maximum absolute atomic E-state index is 10.8. The van der Waals surface area contributed by atoms with Crippen LogP contribution in [0.2, 0.25) is 0 Å². The summed E-state index contributed by atoms with van der Waals surface area (Å²) in [5, 5.41) is 14.7. The summed E-state index contributed by atoms with van der Waals surface area (Å²) in [7, 11) is 0. The van der Waals surface area contributed by atoms with Crippen molar-refractivity contribution in [2.24, 2.45) is 0 Å². The van der Waals surface area contributed by atoms with Gasteiger partial charge >= 0.3 is 0 Å². The minimum atomic E-state index is -0.424. The molecule has 0 atom stereocenters. The van der Waals surface area contributed by atoms with Gasteiger partial charge in [0.05, 0.1) is 4.92 Å². The van der Waals surface area contributed by atoms with Crippen LogP contribution in [0, 0.1) is 24.0 Å². The van der Waals surface area contributed by atoms with Gasteiger partial charge in [-0.1, -0.05) is 22.9 Å². The highest BCUT2D eigenvalue weighted by Crippen LogP contribution is 2.24. The Hall–Kier alpha value is -3.22. The van der Waals surface area contributed by atoms with Crippen molar-refractivity contribution in [1.82, 2.24) is 10.1 Å². The van der Waals surface area contributed by atoms with E-state index in [1.807, 2.05) is 31.2 Å². The van der Waals surface area contributed by atoms with Crippen molar-refractivity contribution >= 4 is 5.69 Å². The molecular formula is C17H15N3O4. The number of nitro benzene ring substituents is 1. The lowest BCUT2D eigenvalue weighted by Crippen LogP contribution is -1.99. The van der Waals surface area contributed by atoms with Crippen molar-refractivity contribution in [1.29, 1.82) is 0 Å². The fraction of sp³-hybridized carbons (Fsp3) is 0.176. The number of aryl methyl sites for hydroxylation is 2. The van der Waals surface area contributed by atoms with Crippen LogP contribution in [-0.2, 0) is 6.61 Å². The lowest BCUT2D eigenvalue weighted by Gasteiger charge is -2.04. The Bertz CT molecular complexity index is 889. The third kappa shape index (κ3) is 3.40. The van der Waals surface area contributed by atoms with Crippen LogP contribution in [0.25, 0.3) is 11.5 Å². The second-order valence-corrected chi connectivity index (χ2v) is 5.38. The SMILES string of the molecule is Cc1cccc(-c2nc(COc3ccc([N+](=O)[O-])c(C)c3)no2)c1. The monoisotopic (exact) mass is 325 g/mol. The van der Waals surface area contributed by atoms with Gasteiger partial charge in [0.1, 0.15) is 5.75 Å². The molecule has 0 radical (unpaired) electrons. The van der Waals surface area contributed by atoms with Crippen LogP contribution in [0.3, 0.4) is 0 Å². The molecule has 0 amide bonds. The molecule has 2 aromatic carbocycles. The van der Waals surface area contributed by atoms with Crippen molar-refractivity contribution < 1.29 is 14.2 Å². The van der Waals surface area contributed by atoms with Crippen LogP contribution in [0.15, 0.2) is 47.0 Å². The van der Waals surface area contributed by atoms with Crippen molar-refractivity contribution in [2.45, 2.75) is 20.5 Å². The Balaban J connectivity index is 1.70. The summed E-state index contributed by atoms with van der Waals surface area (Å²) in [6.07, 6.45) is 0. The van der Waals surface area contributed by atoms with E-state index in [0.717, 1.165) is 11.1 Å². The maximum atomic E-state index is 10.8. The van der Waals surface area contributed by atoms with Gasteiger partial charge in [-0.15, -0.1) is 0 Å². The predicted octanol–water partition coefficient (Wildman–Crippen LogP) is 3.84. The fourth-order valence-corrected chi connectivity index (χ4v) is 2.28. The zero-order chi connectivity index (χ0) is 17.1. The Labute approximate surface area is 138 Å². The van der Waals surface area contributed by atoms with Gasteiger partial charge in [-0.3, -0.25) is 10.1 Å². The third-order valence-corrected chi connectivity index (χ3v) is 3.47. The summed E-state index contributed by atoms with van der Waals surface area (Å²) < 4.78 is 10.8. The molecule has 0 saturated heterocycles. The third-order valence-electron chi connectivity index (χ3n) is 3.47. The van der Waals surface area contributed by atoms with Gasteiger partial charge in [-0.05, 0) is 38.1 Å². The summed E-state index contributed by atoms with van der Waals surface area (Å²) in [6.45, 7) is 3.77. The van der Waals surface area contributed by atoms with Crippen LogP contribution in [-0.4, -0.2) is 15.1 Å². The first-order valence-corrected chi connectivity index (χ1v) is 7.30. The summed E-state index contributed by atoms with van der Waals surface area (Å²) in [5.41, 5.74) is 2.54. The molecule has 7 heteroatoms. The fourth-order valence-electron chi connectivity index (χ4n) is 2.28. The molecule has 3 rings (SSSR count). The van der Waals surface area contributed by atoms with Crippen LogP contribution in [0.5, 0.6) is 5.75 Å².